The Kier molecular flexibility index (Phi) is 7.49. The highest BCUT2D eigenvalue weighted by atomic mass is 127. The van der Waals surface area contributed by atoms with Crippen LogP contribution in [0.2, 0.25) is 0 Å². The molecule has 1 N–H and O–H groups in total. The maximum absolute atomic E-state index is 4.77. The van der Waals surface area contributed by atoms with Crippen LogP contribution in [0.15, 0.2) is 11.2 Å². The van der Waals surface area contributed by atoms with Gasteiger partial charge in [-0.1, -0.05) is 6.92 Å². The van der Waals surface area contributed by atoms with Crippen molar-refractivity contribution in [3.63, 3.8) is 0 Å². The van der Waals surface area contributed by atoms with Crippen LogP contribution in [0.1, 0.15) is 37.1 Å². The monoisotopic (exact) mass is 516 g/mol. The molecule has 2 aromatic rings. The van der Waals surface area contributed by atoms with Gasteiger partial charge in [0.05, 0.1) is 12.2 Å². The highest BCUT2D eigenvalue weighted by molar-refractivity contribution is 14.0. The number of nitrogens with zero attached hydrogens (tertiary/aromatic N) is 7. The molecular formula is C18H29IN8S. The number of piperazine rings is 1. The molecule has 1 saturated heterocycles. The van der Waals surface area contributed by atoms with Crippen LogP contribution in [0.5, 0.6) is 0 Å². The first-order chi connectivity index (χ1) is 13.3. The summed E-state index contributed by atoms with van der Waals surface area (Å²) in [7, 11) is 1.85. The molecular weight excluding hydrogens is 487 g/mol. The fourth-order valence-electron chi connectivity index (χ4n) is 3.69. The Balaban J connectivity index is 0.00000225. The minimum atomic E-state index is 0. The summed E-state index contributed by atoms with van der Waals surface area (Å²) in [6.45, 7) is 7.67. The fourth-order valence-corrected chi connectivity index (χ4v) is 4.49. The van der Waals surface area contributed by atoms with Crippen molar-refractivity contribution in [3.8, 4) is 0 Å². The maximum atomic E-state index is 4.77. The Morgan fingerprint density at radius 2 is 2.00 bits per heavy atom. The van der Waals surface area contributed by atoms with E-state index >= 15 is 0 Å². The molecule has 2 aliphatic rings. The predicted octanol–water partition coefficient (Wildman–Crippen LogP) is 2.15. The molecule has 0 aromatic carbocycles. The van der Waals surface area contributed by atoms with Gasteiger partial charge in [0.15, 0.2) is 5.96 Å². The number of hydrogen-bond donors (Lipinski definition) is 1. The Morgan fingerprint density at radius 3 is 2.68 bits per heavy atom. The van der Waals surface area contributed by atoms with E-state index in [1.807, 2.05) is 7.05 Å². The van der Waals surface area contributed by atoms with Crippen LogP contribution >= 0.6 is 35.5 Å². The fraction of sp³-hybridized carbons (Fsp3) is 0.667. The van der Waals surface area contributed by atoms with Gasteiger partial charge in [-0.05, 0) is 12.8 Å². The topological polar surface area (TPSA) is 74.5 Å². The molecule has 4 heterocycles. The Bertz CT molecular complexity index is 770. The summed E-state index contributed by atoms with van der Waals surface area (Å²) in [6, 6.07) is 0. The summed E-state index contributed by atoms with van der Waals surface area (Å²) in [4.78, 5) is 18.5. The largest absolute Gasteiger partial charge is 0.351 e. The quantitative estimate of drug-likeness (QED) is 0.382. The zero-order chi connectivity index (χ0) is 18.6. The van der Waals surface area contributed by atoms with Crippen molar-refractivity contribution in [2.45, 2.75) is 45.7 Å². The van der Waals surface area contributed by atoms with E-state index in [9.17, 15) is 0 Å². The van der Waals surface area contributed by atoms with Gasteiger partial charge in [-0.15, -0.1) is 24.0 Å². The number of nitrogens with one attached hydrogen (secondary N) is 1. The van der Waals surface area contributed by atoms with E-state index in [-0.39, 0.29) is 24.0 Å². The lowest BCUT2D eigenvalue weighted by atomic mass is 10.2. The first kappa shape index (κ1) is 21.3. The van der Waals surface area contributed by atoms with Crippen molar-refractivity contribution in [1.29, 1.82) is 0 Å². The predicted molar refractivity (Wildman–Crippen MR) is 124 cm³/mol. The summed E-state index contributed by atoms with van der Waals surface area (Å²) in [6.07, 6.45) is 6.70. The average molecular weight is 516 g/mol. The van der Waals surface area contributed by atoms with E-state index < -0.39 is 0 Å². The number of guanidine groups is 1. The highest BCUT2D eigenvalue weighted by Gasteiger charge is 2.22. The molecule has 4 rings (SSSR count). The molecule has 0 unspecified atom stereocenters. The van der Waals surface area contributed by atoms with Crippen LogP contribution in [0.4, 0.5) is 5.13 Å². The van der Waals surface area contributed by atoms with Crippen molar-refractivity contribution in [2.75, 3.05) is 38.1 Å². The minimum Gasteiger partial charge on any atom is -0.351 e. The molecule has 8 nitrogen and oxygen atoms in total. The molecule has 0 amide bonds. The van der Waals surface area contributed by atoms with E-state index in [0.717, 1.165) is 74.7 Å². The van der Waals surface area contributed by atoms with Gasteiger partial charge in [0, 0.05) is 70.3 Å². The van der Waals surface area contributed by atoms with Crippen LogP contribution in [-0.2, 0) is 25.9 Å². The molecule has 0 spiro atoms. The van der Waals surface area contributed by atoms with Gasteiger partial charge in [0.1, 0.15) is 11.6 Å². The lowest BCUT2D eigenvalue weighted by molar-refractivity contribution is 0.372. The molecule has 0 radical (unpaired) electrons. The lowest BCUT2D eigenvalue weighted by Crippen LogP contribution is -2.52. The third-order valence-corrected chi connectivity index (χ3v) is 6.04. The zero-order valence-electron chi connectivity index (χ0n) is 16.6. The number of imidazole rings is 1. The van der Waals surface area contributed by atoms with E-state index in [1.54, 1.807) is 0 Å². The number of fused-ring (bicyclic) bond motifs is 1. The number of aryl methyl sites for hydroxylation is 3. The summed E-state index contributed by atoms with van der Waals surface area (Å²) in [5.41, 5.74) is 1.10. The first-order valence-corrected chi connectivity index (χ1v) is 10.6. The maximum Gasteiger partial charge on any atom is 0.205 e. The van der Waals surface area contributed by atoms with Crippen molar-refractivity contribution in [3.05, 3.63) is 23.5 Å². The third kappa shape index (κ3) is 4.76. The first-order valence-electron chi connectivity index (χ1n) is 9.85. The molecule has 10 heteroatoms. The summed E-state index contributed by atoms with van der Waals surface area (Å²) in [5.74, 6) is 3.12. The molecule has 1 fully saturated rings. The van der Waals surface area contributed by atoms with Gasteiger partial charge in [-0.2, -0.15) is 4.37 Å². The lowest BCUT2D eigenvalue weighted by Gasteiger charge is -2.36. The van der Waals surface area contributed by atoms with Crippen LogP contribution < -0.4 is 10.2 Å². The molecule has 0 bridgehead atoms. The second-order valence-corrected chi connectivity index (χ2v) is 7.75. The Labute approximate surface area is 187 Å². The molecule has 154 valence electrons. The van der Waals surface area contributed by atoms with Gasteiger partial charge in [0.25, 0.3) is 0 Å². The van der Waals surface area contributed by atoms with Crippen molar-refractivity contribution in [1.82, 2.24) is 29.1 Å². The molecule has 28 heavy (non-hydrogen) atoms. The van der Waals surface area contributed by atoms with Crippen LogP contribution in [0, 0.1) is 0 Å². The van der Waals surface area contributed by atoms with E-state index in [4.69, 9.17) is 4.98 Å². The molecule has 2 aromatic heterocycles. The second-order valence-electron chi connectivity index (χ2n) is 7.02. The summed E-state index contributed by atoms with van der Waals surface area (Å²) >= 11 is 1.51. The van der Waals surface area contributed by atoms with Crippen LogP contribution in [-0.4, -0.2) is 63.0 Å². The number of anilines is 1. The number of hydrogen-bond acceptors (Lipinski definition) is 6. The summed E-state index contributed by atoms with van der Waals surface area (Å²) < 4.78 is 6.70. The number of aromatic nitrogens is 4. The standard InChI is InChI=1S/C18H28N8S.HI/c1-3-15-22-18(27-23-15)25-10-8-24(9-11-25)17(19-2)20-12-14-13-26-7-5-4-6-16(26)21-14;/h13H,3-12H2,1-2H3,(H,19,20);1H. The normalized spacial score (nSPS) is 17.3. The van der Waals surface area contributed by atoms with E-state index in [1.165, 1.54) is 30.2 Å². The Hall–Kier alpha value is -1.43. The van der Waals surface area contributed by atoms with Gasteiger partial charge < -0.3 is 19.7 Å². The summed E-state index contributed by atoms with van der Waals surface area (Å²) in [5, 5.41) is 4.53. The molecule has 0 atom stereocenters. The molecule has 0 aliphatic carbocycles. The van der Waals surface area contributed by atoms with E-state index in [0.29, 0.717) is 0 Å². The van der Waals surface area contributed by atoms with Crippen molar-refractivity contribution >= 4 is 46.6 Å². The molecule has 2 aliphatic heterocycles. The SMILES string of the molecule is CCc1nsc(N2CCN(C(=NC)NCc3cn4c(n3)CCCC4)CC2)n1.I. The van der Waals surface area contributed by atoms with Gasteiger partial charge in [-0.3, -0.25) is 4.99 Å². The third-order valence-electron chi connectivity index (χ3n) is 5.22. The van der Waals surface area contributed by atoms with Crippen molar-refractivity contribution < 1.29 is 0 Å². The van der Waals surface area contributed by atoms with Crippen LogP contribution in [0.25, 0.3) is 0 Å². The Morgan fingerprint density at radius 1 is 1.18 bits per heavy atom. The zero-order valence-corrected chi connectivity index (χ0v) is 19.7. The van der Waals surface area contributed by atoms with Crippen LogP contribution in [0.3, 0.4) is 0 Å². The van der Waals surface area contributed by atoms with Gasteiger partial charge in [0.2, 0.25) is 5.13 Å². The number of rotatable bonds is 4. The van der Waals surface area contributed by atoms with Gasteiger partial charge >= 0.3 is 0 Å². The minimum absolute atomic E-state index is 0. The molecule has 0 saturated carbocycles. The van der Waals surface area contributed by atoms with Gasteiger partial charge in [-0.25, -0.2) is 9.97 Å². The smallest absolute Gasteiger partial charge is 0.205 e. The van der Waals surface area contributed by atoms with Crippen molar-refractivity contribution in [2.24, 2.45) is 4.99 Å². The number of halogens is 1. The van der Waals surface area contributed by atoms with E-state index in [2.05, 4.69) is 47.2 Å². The second kappa shape index (κ2) is 9.86. The number of aliphatic imine (C=N–C) groups is 1. The average Bonchev–Trinajstić information content (AvgIpc) is 3.35. The highest BCUT2D eigenvalue weighted by Crippen LogP contribution is 2.19.